The molecule has 0 aliphatic heterocycles. The first-order valence-electron chi connectivity index (χ1n) is 6.75. The van der Waals surface area contributed by atoms with E-state index < -0.39 is 6.10 Å². The van der Waals surface area contributed by atoms with E-state index in [4.69, 9.17) is 11.6 Å². The fourth-order valence-corrected chi connectivity index (χ4v) is 3.42. The topological polar surface area (TPSA) is 20.2 Å². The second-order valence-corrected chi connectivity index (χ2v) is 6.20. The number of rotatable bonds is 7. The van der Waals surface area contributed by atoms with Gasteiger partial charge in [-0.25, -0.2) is 0 Å². The van der Waals surface area contributed by atoms with Crippen molar-refractivity contribution < 1.29 is 5.11 Å². The molecule has 2 atom stereocenters. The third kappa shape index (κ3) is 4.86. The molecule has 1 N–H and O–H groups in total. The Morgan fingerprint density at radius 1 is 0.950 bits per heavy atom. The summed E-state index contributed by atoms with van der Waals surface area (Å²) in [5.74, 6) is 1.32. The van der Waals surface area contributed by atoms with Crippen LogP contribution in [0.4, 0.5) is 0 Å². The average molecular weight is 307 g/mol. The molecule has 2 rings (SSSR count). The van der Waals surface area contributed by atoms with Gasteiger partial charge >= 0.3 is 0 Å². The van der Waals surface area contributed by atoms with Gasteiger partial charge in [-0.2, -0.15) is 0 Å². The molecule has 0 saturated carbocycles. The molecule has 2 aromatic rings. The minimum atomic E-state index is -0.465. The first-order valence-corrected chi connectivity index (χ1v) is 8.27. The van der Waals surface area contributed by atoms with Crippen molar-refractivity contribution in [2.24, 2.45) is 5.92 Å². The van der Waals surface area contributed by atoms with Gasteiger partial charge in [0.1, 0.15) is 0 Å². The summed E-state index contributed by atoms with van der Waals surface area (Å²) in [4.78, 5) is 1.23. The summed E-state index contributed by atoms with van der Waals surface area (Å²) < 4.78 is 0. The van der Waals surface area contributed by atoms with Gasteiger partial charge in [-0.3, -0.25) is 0 Å². The smallest absolute Gasteiger partial charge is 0.0714 e. The van der Waals surface area contributed by atoms with Gasteiger partial charge in [-0.15, -0.1) is 23.4 Å². The van der Waals surface area contributed by atoms with E-state index in [-0.39, 0.29) is 11.8 Å². The van der Waals surface area contributed by atoms with Crippen LogP contribution < -0.4 is 0 Å². The predicted molar refractivity (Wildman–Crippen MR) is 87.5 cm³/mol. The number of thioether (sulfide) groups is 1. The highest BCUT2D eigenvalue weighted by Gasteiger charge is 2.19. The highest BCUT2D eigenvalue weighted by molar-refractivity contribution is 7.99. The van der Waals surface area contributed by atoms with Crippen molar-refractivity contribution in [3.05, 3.63) is 66.2 Å². The molecular weight excluding hydrogens is 288 g/mol. The van der Waals surface area contributed by atoms with Crippen LogP contribution in [0.5, 0.6) is 0 Å². The molecule has 1 unspecified atom stereocenters. The van der Waals surface area contributed by atoms with Gasteiger partial charge in [0.25, 0.3) is 0 Å². The Morgan fingerprint density at radius 2 is 1.55 bits per heavy atom. The number of aliphatic hydroxyl groups excluding tert-OH is 1. The van der Waals surface area contributed by atoms with Crippen molar-refractivity contribution in [3.8, 4) is 0 Å². The summed E-state index contributed by atoms with van der Waals surface area (Å²) >= 11 is 7.61. The third-order valence-corrected chi connectivity index (χ3v) is 4.77. The number of hydrogen-bond acceptors (Lipinski definition) is 2. The molecule has 0 heterocycles. The number of benzene rings is 2. The van der Waals surface area contributed by atoms with E-state index in [1.165, 1.54) is 10.5 Å². The molecule has 2 aromatic carbocycles. The Morgan fingerprint density at radius 3 is 2.15 bits per heavy atom. The molecule has 20 heavy (non-hydrogen) atoms. The number of hydrogen-bond donors (Lipinski definition) is 1. The highest BCUT2D eigenvalue weighted by atomic mass is 35.5. The van der Waals surface area contributed by atoms with Crippen molar-refractivity contribution in [2.75, 3.05) is 11.6 Å². The summed E-state index contributed by atoms with van der Waals surface area (Å²) in [7, 11) is 0. The molecule has 0 bridgehead atoms. The summed E-state index contributed by atoms with van der Waals surface area (Å²) in [6.07, 6.45) is 0.391. The maximum atomic E-state index is 10.1. The molecule has 0 fully saturated rings. The first kappa shape index (κ1) is 15.4. The van der Waals surface area contributed by atoms with E-state index in [1.807, 2.05) is 36.4 Å². The predicted octanol–water partition coefficient (Wildman–Crippen LogP) is 4.24. The van der Waals surface area contributed by atoms with E-state index in [0.29, 0.717) is 0 Å². The fraction of sp³-hybridized carbons (Fsp3) is 0.294. The monoisotopic (exact) mass is 306 g/mol. The third-order valence-electron chi connectivity index (χ3n) is 3.25. The quantitative estimate of drug-likeness (QED) is 0.610. The number of alkyl halides is 1. The van der Waals surface area contributed by atoms with E-state index >= 15 is 0 Å². The molecular formula is C17H19ClOS. The lowest BCUT2D eigenvalue weighted by Crippen LogP contribution is -2.26. The van der Waals surface area contributed by atoms with Crippen LogP contribution >= 0.6 is 23.4 Å². The fourth-order valence-electron chi connectivity index (χ4n) is 2.07. The SMILES string of the molecule is O[C@H](CCl)C(CSc1ccccc1)Cc1ccccc1. The molecule has 0 amide bonds. The minimum Gasteiger partial charge on any atom is -0.392 e. The molecule has 3 heteroatoms. The average Bonchev–Trinajstić information content (AvgIpc) is 2.52. The van der Waals surface area contributed by atoms with Crippen molar-refractivity contribution in [1.82, 2.24) is 0 Å². The van der Waals surface area contributed by atoms with E-state index in [0.717, 1.165) is 12.2 Å². The van der Waals surface area contributed by atoms with Crippen LogP contribution in [0, 0.1) is 5.92 Å². The lowest BCUT2D eigenvalue weighted by atomic mass is 9.96. The van der Waals surface area contributed by atoms with Crippen molar-refractivity contribution in [2.45, 2.75) is 17.4 Å². The summed E-state index contributed by atoms with van der Waals surface area (Å²) in [6, 6.07) is 20.5. The second kappa shape index (κ2) is 8.35. The minimum absolute atomic E-state index is 0.167. The maximum Gasteiger partial charge on any atom is 0.0714 e. The van der Waals surface area contributed by atoms with Crippen LogP contribution in [0.3, 0.4) is 0 Å². The van der Waals surface area contributed by atoms with Gasteiger partial charge < -0.3 is 5.11 Å². The van der Waals surface area contributed by atoms with Gasteiger partial charge in [0.2, 0.25) is 0 Å². The first-order chi connectivity index (χ1) is 9.79. The molecule has 0 aliphatic carbocycles. The van der Waals surface area contributed by atoms with Gasteiger partial charge in [-0.05, 0) is 30.0 Å². The van der Waals surface area contributed by atoms with Gasteiger partial charge in [-0.1, -0.05) is 48.5 Å². The molecule has 106 valence electrons. The van der Waals surface area contributed by atoms with Crippen LogP contribution in [0.2, 0.25) is 0 Å². The number of halogens is 1. The lowest BCUT2D eigenvalue weighted by molar-refractivity contribution is 0.140. The molecule has 1 nitrogen and oxygen atoms in total. The van der Waals surface area contributed by atoms with E-state index in [2.05, 4.69) is 24.3 Å². The molecule has 0 aliphatic rings. The lowest BCUT2D eigenvalue weighted by Gasteiger charge is -2.21. The van der Waals surface area contributed by atoms with Crippen LogP contribution in [-0.4, -0.2) is 22.8 Å². The summed E-state index contributed by atoms with van der Waals surface area (Å²) in [5.41, 5.74) is 1.25. The highest BCUT2D eigenvalue weighted by Crippen LogP contribution is 2.24. The molecule has 0 saturated heterocycles. The van der Waals surface area contributed by atoms with Gasteiger partial charge in [0.15, 0.2) is 0 Å². The summed E-state index contributed by atoms with van der Waals surface area (Å²) in [6.45, 7) is 0. The van der Waals surface area contributed by atoms with Crippen LogP contribution in [0.15, 0.2) is 65.6 Å². The molecule has 0 aromatic heterocycles. The zero-order valence-corrected chi connectivity index (χ0v) is 12.9. The molecule has 0 radical (unpaired) electrons. The Balaban J connectivity index is 1.97. The van der Waals surface area contributed by atoms with Crippen molar-refractivity contribution in [3.63, 3.8) is 0 Å². The van der Waals surface area contributed by atoms with Crippen LogP contribution in [0.1, 0.15) is 5.56 Å². The van der Waals surface area contributed by atoms with E-state index in [9.17, 15) is 5.11 Å². The van der Waals surface area contributed by atoms with Crippen LogP contribution in [0.25, 0.3) is 0 Å². The normalized spacial score (nSPS) is 13.9. The van der Waals surface area contributed by atoms with Crippen molar-refractivity contribution >= 4 is 23.4 Å². The standard InChI is InChI=1S/C17H19ClOS/c18-12-17(19)15(11-14-7-3-1-4-8-14)13-20-16-9-5-2-6-10-16/h1-10,15,17,19H,11-13H2/t15?,17-/m1/s1. The van der Waals surface area contributed by atoms with Crippen LogP contribution in [-0.2, 0) is 6.42 Å². The van der Waals surface area contributed by atoms with Gasteiger partial charge in [0, 0.05) is 16.5 Å². The van der Waals surface area contributed by atoms with Gasteiger partial charge in [0.05, 0.1) is 6.10 Å². The second-order valence-electron chi connectivity index (χ2n) is 4.80. The summed E-state index contributed by atoms with van der Waals surface area (Å²) in [5, 5.41) is 10.1. The number of aliphatic hydroxyl groups is 1. The Kier molecular flexibility index (Phi) is 6.44. The van der Waals surface area contributed by atoms with E-state index in [1.54, 1.807) is 11.8 Å². The van der Waals surface area contributed by atoms with Crippen molar-refractivity contribution in [1.29, 1.82) is 0 Å². The zero-order chi connectivity index (χ0) is 14.2. The Bertz CT molecular complexity index is 489. The maximum absolute atomic E-state index is 10.1. The Hall–Kier alpha value is -0.960. The largest absolute Gasteiger partial charge is 0.392 e. The Labute approximate surface area is 130 Å². The zero-order valence-electron chi connectivity index (χ0n) is 11.3. The molecule has 0 spiro atoms.